The summed E-state index contributed by atoms with van der Waals surface area (Å²) in [7, 11) is 1.00. The molecule has 1 aromatic carbocycles. The van der Waals surface area contributed by atoms with E-state index in [1.54, 1.807) is 0 Å². The molecule has 0 radical (unpaired) electrons. The number of anilines is 1. The Kier molecular flexibility index (Phi) is 3.69. The highest BCUT2D eigenvalue weighted by Gasteiger charge is 2.27. The molecule has 1 atom stereocenters. The Morgan fingerprint density at radius 2 is 2.00 bits per heavy atom. The van der Waals surface area contributed by atoms with Gasteiger partial charge < -0.3 is 10.5 Å². The van der Waals surface area contributed by atoms with Crippen molar-refractivity contribution < 1.29 is 5.11 Å². The first-order valence-corrected chi connectivity index (χ1v) is 6.40. The predicted octanol–water partition coefficient (Wildman–Crippen LogP) is 2.12. The summed E-state index contributed by atoms with van der Waals surface area (Å²) in [5, 5.41) is 7.00. The van der Waals surface area contributed by atoms with Crippen LogP contribution in [0.2, 0.25) is 0 Å². The Morgan fingerprint density at radius 1 is 1.24 bits per heavy atom. The summed E-state index contributed by atoms with van der Waals surface area (Å²) in [6.45, 7) is 2.31. The van der Waals surface area contributed by atoms with Crippen molar-refractivity contribution >= 4 is 5.69 Å². The van der Waals surface area contributed by atoms with Gasteiger partial charge in [-0.25, -0.2) is 0 Å². The number of nitrogens with two attached hydrogens (primary N) is 1. The first kappa shape index (κ1) is 12.4. The number of nitrogens with one attached hydrogen (secondary N) is 1. The van der Waals surface area contributed by atoms with Crippen LogP contribution in [0.3, 0.4) is 0 Å². The van der Waals surface area contributed by atoms with Crippen molar-refractivity contribution in [3.8, 4) is 0 Å². The lowest BCUT2D eigenvalue weighted by atomic mass is 9.95. The third-order valence-electron chi connectivity index (χ3n) is 4.01. The molecule has 0 spiro atoms. The van der Waals surface area contributed by atoms with Crippen molar-refractivity contribution in [2.24, 2.45) is 5.84 Å². The second-order valence-electron chi connectivity index (χ2n) is 4.90. The lowest BCUT2D eigenvalue weighted by molar-refractivity contribution is 0.399. The van der Waals surface area contributed by atoms with Gasteiger partial charge in [0, 0.05) is 7.11 Å². The Labute approximate surface area is 103 Å². The van der Waals surface area contributed by atoms with Crippen LogP contribution < -0.4 is 11.3 Å². The van der Waals surface area contributed by atoms with Crippen molar-refractivity contribution in [3.63, 3.8) is 0 Å². The van der Waals surface area contributed by atoms with Crippen LogP contribution in [0.5, 0.6) is 0 Å². The molecule has 0 bridgehead atoms. The number of fused-ring (bicyclic) bond motifs is 2. The van der Waals surface area contributed by atoms with Crippen molar-refractivity contribution in [2.45, 2.75) is 44.9 Å². The zero-order chi connectivity index (χ0) is 12.4. The van der Waals surface area contributed by atoms with Crippen LogP contribution in [-0.2, 0) is 19.3 Å². The van der Waals surface area contributed by atoms with Crippen molar-refractivity contribution in [3.05, 3.63) is 28.3 Å². The van der Waals surface area contributed by atoms with E-state index in [9.17, 15) is 0 Å². The second kappa shape index (κ2) is 5.07. The minimum absolute atomic E-state index is 0.678. The highest BCUT2D eigenvalue weighted by Crippen LogP contribution is 2.43. The fourth-order valence-electron chi connectivity index (χ4n) is 3.27. The first-order valence-electron chi connectivity index (χ1n) is 6.40. The molecule has 0 saturated carbocycles. The smallest absolute Gasteiger partial charge is 0.0557 e. The van der Waals surface area contributed by atoms with Crippen LogP contribution in [0.25, 0.3) is 0 Å². The number of hydrogen-bond acceptors (Lipinski definition) is 3. The summed E-state index contributed by atoms with van der Waals surface area (Å²) in [6, 6.07) is 2.43. The van der Waals surface area contributed by atoms with Gasteiger partial charge in [-0.1, -0.05) is 13.0 Å². The lowest BCUT2D eigenvalue weighted by Gasteiger charge is -2.16. The fourth-order valence-corrected chi connectivity index (χ4v) is 3.27. The van der Waals surface area contributed by atoms with E-state index in [0.717, 1.165) is 7.11 Å². The van der Waals surface area contributed by atoms with Gasteiger partial charge in [0.25, 0.3) is 0 Å². The summed E-state index contributed by atoms with van der Waals surface area (Å²) < 4.78 is 0. The molecule has 4 N–H and O–H groups in total. The normalized spacial score (nSPS) is 20.4. The van der Waals surface area contributed by atoms with Crippen LogP contribution in [0, 0.1) is 0 Å². The van der Waals surface area contributed by atoms with E-state index in [1.165, 1.54) is 60.0 Å². The minimum Gasteiger partial charge on any atom is -0.400 e. The van der Waals surface area contributed by atoms with Gasteiger partial charge in [0.15, 0.2) is 0 Å². The highest BCUT2D eigenvalue weighted by atomic mass is 16.2. The molecular weight excluding hydrogens is 212 g/mol. The number of aliphatic hydroxyl groups excluding tert-OH is 1. The average molecular weight is 234 g/mol. The van der Waals surface area contributed by atoms with Gasteiger partial charge in [0.05, 0.1) is 5.69 Å². The van der Waals surface area contributed by atoms with E-state index in [0.29, 0.717) is 5.92 Å². The van der Waals surface area contributed by atoms with Gasteiger partial charge in [-0.2, -0.15) is 0 Å². The number of rotatable bonds is 1. The molecule has 0 aromatic heterocycles. The molecule has 1 aromatic rings. The number of benzene rings is 1. The quantitative estimate of drug-likeness (QED) is 0.515. The monoisotopic (exact) mass is 234 g/mol. The first-order chi connectivity index (χ1) is 8.31. The number of hydrazine groups is 1. The molecule has 94 valence electrons. The van der Waals surface area contributed by atoms with E-state index < -0.39 is 0 Å². The standard InChI is InChI=1S/C13H18N2.CH4O/c1-8-5-6-10-7-9-3-2-4-11(9)13(15-14)12(8)10;1-2/h7-8,15H,2-6,14H2,1H3;2H,1H3. The zero-order valence-corrected chi connectivity index (χ0v) is 10.7. The molecule has 17 heavy (non-hydrogen) atoms. The molecule has 3 rings (SSSR count). The maximum Gasteiger partial charge on any atom is 0.0557 e. The minimum atomic E-state index is 0.678. The van der Waals surface area contributed by atoms with Crippen molar-refractivity contribution in [2.75, 3.05) is 12.5 Å². The summed E-state index contributed by atoms with van der Waals surface area (Å²) in [6.07, 6.45) is 6.26. The van der Waals surface area contributed by atoms with Crippen LogP contribution >= 0.6 is 0 Å². The van der Waals surface area contributed by atoms with E-state index in [1.807, 2.05) is 0 Å². The number of aliphatic hydroxyl groups is 1. The summed E-state index contributed by atoms with van der Waals surface area (Å²) in [5.41, 5.74) is 10.3. The molecule has 2 aliphatic rings. The molecule has 1 unspecified atom stereocenters. The van der Waals surface area contributed by atoms with Gasteiger partial charge >= 0.3 is 0 Å². The largest absolute Gasteiger partial charge is 0.400 e. The van der Waals surface area contributed by atoms with E-state index in [-0.39, 0.29) is 0 Å². The Morgan fingerprint density at radius 3 is 2.71 bits per heavy atom. The topological polar surface area (TPSA) is 58.3 Å². The molecule has 3 nitrogen and oxygen atoms in total. The highest BCUT2D eigenvalue weighted by molar-refractivity contribution is 5.66. The third kappa shape index (κ3) is 1.94. The van der Waals surface area contributed by atoms with Crippen LogP contribution in [-0.4, -0.2) is 12.2 Å². The van der Waals surface area contributed by atoms with Crippen LogP contribution in [0.4, 0.5) is 5.69 Å². The predicted molar refractivity (Wildman–Crippen MR) is 71.2 cm³/mol. The molecule has 0 heterocycles. The Hall–Kier alpha value is -1.06. The summed E-state index contributed by atoms with van der Waals surface area (Å²) in [5.74, 6) is 6.39. The molecule has 0 fully saturated rings. The lowest BCUT2D eigenvalue weighted by Crippen LogP contribution is -2.12. The molecular formula is C14H22N2O. The Bertz CT molecular complexity index is 415. The Balaban J connectivity index is 0.000000514. The number of nitrogen functional groups attached to an aromatic ring is 1. The molecule has 2 aliphatic carbocycles. The fraction of sp³-hybridized carbons (Fsp3) is 0.571. The SMILES string of the molecule is CC1CCc2cc3c(c(NN)c21)CCC3.CO. The van der Waals surface area contributed by atoms with E-state index in [2.05, 4.69) is 18.4 Å². The van der Waals surface area contributed by atoms with Gasteiger partial charge in [-0.05, 0) is 60.3 Å². The maximum absolute atomic E-state index is 7.00. The average Bonchev–Trinajstić information content (AvgIpc) is 2.97. The van der Waals surface area contributed by atoms with E-state index >= 15 is 0 Å². The van der Waals surface area contributed by atoms with Crippen LogP contribution in [0.15, 0.2) is 6.07 Å². The molecule has 0 amide bonds. The van der Waals surface area contributed by atoms with Gasteiger partial charge in [-0.15, -0.1) is 0 Å². The van der Waals surface area contributed by atoms with Crippen LogP contribution in [0.1, 0.15) is 47.9 Å². The second-order valence-corrected chi connectivity index (χ2v) is 4.90. The van der Waals surface area contributed by atoms with Gasteiger partial charge in [0.2, 0.25) is 0 Å². The number of hydrogen-bond donors (Lipinski definition) is 3. The summed E-state index contributed by atoms with van der Waals surface area (Å²) >= 11 is 0. The van der Waals surface area contributed by atoms with Gasteiger partial charge in [0.1, 0.15) is 0 Å². The summed E-state index contributed by atoms with van der Waals surface area (Å²) in [4.78, 5) is 0. The zero-order valence-electron chi connectivity index (χ0n) is 10.7. The number of aryl methyl sites for hydroxylation is 2. The van der Waals surface area contributed by atoms with Gasteiger partial charge in [-0.3, -0.25) is 5.84 Å². The maximum atomic E-state index is 7.00. The van der Waals surface area contributed by atoms with Crippen molar-refractivity contribution in [1.82, 2.24) is 0 Å². The van der Waals surface area contributed by atoms with E-state index in [4.69, 9.17) is 10.9 Å². The molecule has 3 heteroatoms. The molecule has 0 saturated heterocycles. The molecule has 0 aliphatic heterocycles. The van der Waals surface area contributed by atoms with Crippen molar-refractivity contribution in [1.29, 1.82) is 0 Å². The third-order valence-corrected chi connectivity index (χ3v) is 4.01.